The van der Waals surface area contributed by atoms with Crippen molar-refractivity contribution in [2.24, 2.45) is 0 Å². The van der Waals surface area contributed by atoms with E-state index in [0.717, 1.165) is 36.4 Å². The molecule has 0 N–H and O–H groups in total. The van der Waals surface area contributed by atoms with Crippen LogP contribution in [-0.4, -0.2) is 36.9 Å². The van der Waals surface area contributed by atoms with E-state index in [1.807, 2.05) is 4.57 Å². The molecular weight excluding hydrogens is 395 g/mol. The first kappa shape index (κ1) is 20.5. The second-order valence-corrected chi connectivity index (χ2v) is 7.16. The molecule has 7 nitrogen and oxygen atoms in total. The van der Waals surface area contributed by atoms with Crippen LogP contribution >= 0.6 is 12.2 Å². The first-order valence-electron chi connectivity index (χ1n) is 8.92. The molecule has 11 heteroatoms. The average molecular weight is 415 g/mol. The summed E-state index contributed by atoms with van der Waals surface area (Å²) in [4.78, 5) is 11.7. The number of aryl methyl sites for hydroxylation is 1. The molecule has 1 aromatic heterocycles. The molecule has 0 aliphatic carbocycles. The third kappa shape index (κ3) is 4.96. The summed E-state index contributed by atoms with van der Waals surface area (Å²) in [5, 5.41) is 15.6. The van der Waals surface area contributed by atoms with Gasteiger partial charge in [-0.15, -0.1) is 0 Å². The Balaban J connectivity index is 1.88. The van der Waals surface area contributed by atoms with Crippen LogP contribution in [0.1, 0.15) is 30.7 Å². The van der Waals surface area contributed by atoms with Crippen molar-refractivity contribution in [3.63, 3.8) is 0 Å². The molecular formula is C17H20F3N5O2S. The quantitative estimate of drug-likeness (QED) is 0.404. The minimum absolute atomic E-state index is 0.190. The summed E-state index contributed by atoms with van der Waals surface area (Å²) in [6, 6.07) is 5.80. The molecule has 0 bridgehead atoms. The largest absolute Gasteiger partial charge is 0.401 e. The summed E-state index contributed by atoms with van der Waals surface area (Å²) >= 11 is 5.41. The maximum absolute atomic E-state index is 13.1. The van der Waals surface area contributed by atoms with Gasteiger partial charge in [0.25, 0.3) is 5.69 Å². The van der Waals surface area contributed by atoms with Gasteiger partial charge in [0, 0.05) is 31.1 Å². The van der Waals surface area contributed by atoms with E-state index < -0.39 is 17.6 Å². The molecule has 0 fully saturated rings. The minimum Gasteiger partial charge on any atom is -0.304 e. The van der Waals surface area contributed by atoms with Gasteiger partial charge in [-0.3, -0.25) is 15.0 Å². The van der Waals surface area contributed by atoms with Gasteiger partial charge in [0.2, 0.25) is 0 Å². The summed E-state index contributed by atoms with van der Waals surface area (Å²) in [5.74, 6) is 0.778. The summed E-state index contributed by atoms with van der Waals surface area (Å²) in [6.07, 6.45) is -0.734. The highest BCUT2D eigenvalue weighted by atomic mass is 32.1. The highest BCUT2D eigenvalue weighted by Gasteiger charge is 2.32. The van der Waals surface area contributed by atoms with Crippen LogP contribution in [0.25, 0.3) is 0 Å². The van der Waals surface area contributed by atoms with E-state index in [4.69, 9.17) is 12.2 Å². The second kappa shape index (κ2) is 8.39. The number of nitrogens with zero attached hydrogens (tertiary/aromatic N) is 5. The molecule has 0 atom stereocenters. The van der Waals surface area contributed by atoms with Crippen molar-refractivity contribution in [2.45, 2.75) is 51.6 Å². The first-order chi connectivity index (χ1) is 13.2. The van der Waals surface area contributed by atoms with Crippen LogP contribution in [0.5, 0.6) is 0 Å². The molecule has 1 aliphatic rings. The Morgan fingerprint density at radius 3 is 2.71 bits per heavy atom. The van der Waals surface area contributed by atoms with Crippen molar-refractivity contribution in [3.05, 3.63) is 50.5 Å². The number of benzene rings is 1. The summed E-state index contributed by atoms with van der Waals surface area (Å²) in [7, 11) is 0. The van der Waals surface area contributed by atoms with E-state index in [1.54, 1.807) is 6.07 Å². The van der Waals surface area contributed by atoms with Crippen LogP contribution in [0.3, 0.4) is 0 Å². The Hall–Kier alpha value is -2.27. The van der Waals surface area contributed by atoms with Gasteiger partial charge in [-0.25, -0.2) is 4.68 Å². The highest BCUT2D eigenvalue weighted by Crippen LogP contribution is 2.24. The fraction of sp³-hybridized carbons (Fsp3) is 0.529. The van der Waals surface area contributed by atoms with Crippen molar-refractivity contribution in [1.29, 1.82) is 0 Å². The number of aromatic nitrogens is 3. The van der Waals surface area contributed by atoms with Gasteiger partial charge in [-0.05, 0) is 25.1 Å². The van der Waals surface area contributed by atoms with Crippen LogP contribution < -0.4 is 0 Å². The van der Waals surface area contributed by atoms with Gasteiger partial charge in [0.1, 0.15) is 5.82 Å². The summed E-state index contributed by atoms with van der Waals surface area (Å²) in [6.45, 7) is -0.939. The molecule has 0 radical (unpaired) electrons. The molecule has 0 spiro atoms. The predicted molar refractivity (Wildman–Crippen MR) is 98.2 cm³/mol. The number of hydrogen-bond acceptors (Lipinski definition) is 5. The number of nitro benzene ring substituents is 1. The fourth-order valence-corrected chi connectivity index (χ4v) is 3.68. The van der Waals surface area contributed by atoms with Gasteiger partial charge in [-0.1, -0.05) is 24.6 Å². The molecule has 2 heterocycles. The fourth-order valence-electron chi connectivity index (χ4n) is 3.38. The lowest BCUT2D eigenvalue weighted by atomic mass is 10.1. The van der Waals surface area contributed by atoms with Crippen LogP contribution in [0.15, 0.2) is 24.3 Å². The first-order valence-corrected chi connectivity index (χ1v) is 9.33. The predicted octanol–water partition coefficient (Wildman–Crippen LogP) is 4.07. The number of alkyl halides is 3. The van der Waals surface area contributed by atoms with Crippen molar-refractivity contribution < 1.29 is 18.1 Å². The van der Waals surface area contributed by atoms with Gasteiger partial charge in [0.05, 0.1) is 18.1 Å². The number of fused-ring (bicyclic) bond motifs is 1. The van der Waals surface area contributed by atoms with Crippen molar-refractivity contribution >= 4 is 17.9 Å². The van der Waals surface area contributed by atoms with Crippen LogP contribution in [0.4, 0.5) is 18.9 Å². The molecule has 152 valence electrons. The van der Waals surface area contributed by atoms with Crippen LogP contribution in [-0.2, 0) is 26.2 Å². The minimum atomic E-state index is -4.46. The number of nitro groups is 1. The Bertz CT molecular complexity index is 909. The third-order valence-corrected chi connectivity index (χ3v) is 5.03. The van der Waals surface area contributed by atoms with E-state index in [2.05, 4.69) is 5.10 Å². The Morgan fingerprint density at radius 1 is 1.25 bits per heavy atom. The van der Waals surface area contributed by atoms with Gasteiger partial charge in [0.15, 0.2) is 4.77 Å². The standard InChI is InChI=1S/C17H20F3N5O2S/c18-17(19,20)11-22(10-13-6-3-4-7-14(13)25(26)27)12-24-16(28)23-9-5-1-2-8-15(23)21-24/h3-4,6-7H,1-2,5,8-12H2. The normalized spacial score (nSPS) is 14.7. The van der Waals surface area contributed by atoms with Gasteiger partial charge < -0.3 is 4.57 Å². The average Bonchev–Trinajstić information content (AvgIpc) is 2.78. The Kier molecular flexibility index (Phi) is 6.14. The zero-order valence-corrected chi connectivity index (χ0v) is 15.9. The topological polar surface area (TPSA) is 69.1 Å². The molecule has 2 aromatic rings. The monoisotopic (exact) mass is 415 g/mol. The van der Waals surface area contributed by atoms with E-state index >= 15 is 0 Å². The van der Waals surface area contributed by atoms with E-state index in [9.17, 15) is 23.3 Å². The summed E-state index contributed by atoms with van der Waals surface area (Å²) < 4.78 is 43.0. The molecule has 0 unspecified atom stereocenters. The lowest BCUT2D eigenvalue weighted by molar-refractivity contribution is -0.385. The zero-order valence-electron chi connectivity index (χ0n) is 15.1. The number of hydrogen-bond donors (Lipinski definition) is 0. The molecule has 0 saturated carbocycles. The highest BCUT2D eigenvalue weighted by molar-refractivity contribution is 7.71. The smallest absolute Gasteiger partial charge is 0.304 e. The van der Waals surface area contributed by atoms with Crippen LogP contribution in [0.2, 0.25) is 0 Å². The number of rotatable bonds is 6. The SMILES string of the molecule is O=[N+]([O-])c1ccccc1CN(Cn1nc2n(c1=S)CCCCC2)CC(F)(F)F. The van der Waals surface area contributed by atoms with Gasteiger partial charge in [-0.2, -0.15) is 18.3 Å². The lowest BCUT2D eigenvalue weighted by Gasteiger charge is -2.23. The molecule has 0 amide bonds. The molecule has 1 aromatic carbocycles. The van der Waals surface area contributed by atoms with Crippen molar-refractivity contribution in [1.82, 2.24) is 19.2 Å². The third-order valence-electron chi connectivity index (χ3n) is 4.60. The number of para-hydroxylation sites is 1. The lowest BCUT2D eigenvalue weighted by Crippen LogP contribution is -2.35. The Morgan fingerprint density at radius 2 is 2.00 bits per heavy atom. The number of halogens is 3. The van der Waals surface area contributed by atoms with E-state index in [0.29, 0.717) is 11.3 Å². The molecule has 3 rings (SSSR count). The van der Waals surface area contributed by atoms with E-state index in [-0.39, 0.29) is 24.5 Å². The maximum atomic E-state index is 13.1. The molecule has 0 saturated heterocycles. The zero-order chi connectivity index (χ0) is 20.3. The molecule has 28 heavy (non-hydrogen) atoms. The van der Waals surface area contributed by atoms with Crippen molar-refractivity contribution in [3.8, 4) is 0 Å². The molecule has 1 aliphatic heterocycles. The second-order valence-electron chi connectivity index (χ2n) is 6.79. The summed E-state index contributed by atoms with van der Waals surface area (Å²) in [5.41, 5.74) is 0.00272. The maximum Gasteiger partial charge on any atom is 0.401 e. The van der Waals surface area contributed by atoms with E-state index in [1.165, 1.54) is 22.9 Å². The Labute approximate surface area is 164 Å². The van der Waals surface area contributed by atoms with Gasteiger partial charge >= 0.3 is 6.18 Å². The van der Waals surface area contributed by atoms with Crippen LogP contribution in [0, 0.1) is 14.9 Å². The van der Waals surface area contributed by atoms with Crippen molar-refractivity contribution in [2.75, 3.05) is 6.54 Å².